The van der Waals surface area contributed by atoms with Gasteiger partial charge in [0.25, 0.3) is 0 Å². The van der Waals surface area contributed by atoms with Crippen LogP contribution in [0.1, 0.15) is 88.1 Å². The molecule has 3 fully saturated rings. The highest BCUT2D eigenvalue weighted by Crippen LogP contribution is 2.65. The number of carbonyl (C=O) groups is 1. The van der Waals surface area contributed by atoms with E-state index in [1.165, 1.54) is 37.7 Å². The number of hydrogen-bond donors (Lipinski definition) is 1. The fourth-order valence-electron chi connectivity index (χ4n) is 7.95. The number of Topliss-reactive ketones (excluding diaryl/α,β-unsaturated/α-hetero) is 1. The van der Waals surface area contributed by atoms with Gasteiger partial charge in [0, 0.05) is 12.3 Å². The number of aliphatic hydroxyl groups excluding tert-OH is 1. The van der Waals surface area contributed by atoms with Crippen LogP contribution in [-0.4, -0.2) is 17.0 Å². The molecular weight excluding hydrogens is 348 g/mol. The number of carbonyl (C=O) groups excluding carboxylic acids is 1. The van der Waals surface area contributed by atoms with Crippen molar-refractivity contribution >= 4 is 5.78 Å². The van der Waals surface area contributed by atoms with E-state index in [2.05, 4.69) is 19.9 Å². The van der Waals surface area contributed by atoms with Crippen LogP contribution in [0.4, 0.5) is 0 Å². The molecule has 1 N–H and O–H groups in total. The Morgan fingerprint density at radius 1 is 1.11 bits per heavy atom. The molecule has 1 heterocycles. The molecule has 0 radical (unpaired) electrons. The highest BCUT2D eigenvalue weighted by atomic mass is 16.3. The lowest BCUT2D eigenvalue weighted by Gasteiger charge is -2.59. The predicted octanol–water partition coefficient (Wildman–Crippen LogP) is 5.44. The van der Waals surface area contributed by atoms with E-state index < -0.39 is 0 Å². The molecule has 1 aromatic rings. The van der Waals surface area contributed by atoms with Crippen molar-refractivity contribution in [2.75, 3.05) is 0 Å². The molecule has 4 aliphatic rings. The Labute approximate surface area is 169 Å². The van der Waals surface area contributed by atoms with Gasteiger partial charge in [0.05, 0.1) is 6.10 Å². The van der Waals surface area contributed by atoms with E-state index >= 15 is 0 Å². The van der Waals surface area contributed by atoms with Crippen molar-refractivity contribution in [2.45, 2.75) is 85.2 Å². The number of aliphatic hydroxyl groups is 1. The van der Waals surface area contributed by atoms with Gasteiger partial charge in [-0.25, -0.2) is 0 Å². The Bertz CT molecular complexity index is 792. The van der Waals surface area contributed by atoms with Crippen LogP contribution in [0.15, 0.2) is 10.5 Å². The lowest BCUT2D eigenvalue weighted by Crippen LogP contribution is -2.54. The first-order chi connectivity index (χ1) is 13.2. The van der Waals surface area contributed by atoms with E-state index in [0.717, 1.165) is 36.9 Å². The molecule has 5 rings (SSSR count). The molecule has 7 atom stereocenters. The molecule has 0 bridgehead atoms. The third kappa shape index (κ3) is 2.47. The van der Waals surface area contributed by atoms with Crippen LogP contribution < -0.4 is 0 Å². The first-order valence-electron chi connectivity index (χ1n) is 11.6. The summed E-state index contributed by atoms with van der Waals surface area (Å²) in [4.78, 5) is 12.5. The van der Waals surface area contributed by atoms with Gasteiger partial charge in [0.2, 0.25) is 5.78 Å². The van der Waals surface area contributed by atoms with Crippen LogP contribution in [0.5, 0.6) is 0 Å². The van der Waals surface area contributed by atoms with Gasteiger partial charge in [-0.3, -0.25) is 4.79 Å². The minimum Gasteiger partial charge on any atom is -0.458 e. The Morgan fingerprint density at radius 3 is 2.61 bits per heavy atom. The van der Waals surface area contributed by atoms with Gasteiger partial charge < -0.3 is 9.52 Å². The molecule has 3 nitrogen and oxygen atoms in total. The van der Waals surface area contributed by atoms with Crippen molar-refractivity contribution in [2.24, 2.45) is 40.4 Å². The van der Waals surface area contributed by atoms with Crippen molar-refractivity contribution in [1.29, 1.82) is 0 Å². The molecule has 0 amide bonds. The number of ketones is 1. The fourth-order valence-corrected chi connectivity index (χ4v) is 7.95. The first-order valence-corrected chi connectivity index (χ1v) is 11.6. The van der Waals surface area contributed by atoms with E-state index in [0.29, 0.717) is 23.0 Å². The molecule has 1 aromatic heterocycles. The summed E-state index contributed by atoms with van der Waals surface area (Å²) in [6.45, 7) is 8.79. The third-order valence-electron chi connectivity index (χ3n) is 9.68. The minimum absolute atomic E-state index is 0.0142. The van der Waals surface area contributed by atoms with Crippen LogP contribution in [0.25, 0.3) is 0 Å². The second kappa shape index (κ2) is 6.20. The summed E-state index contributed by atoms with van der Waals surface area (Å²) in [5.41, 5.74) is 1.76. The van der Waals surface area contributed by atoms with Crippen LogP contribution in [0, 0.1) is 40.4 Å². The van der Waals surface area contributed by atoms with Crippen LogP contribution >= 0.6 is 0 Å². The highest BCUT2D eigenvalue weighted by molar-refractivity contribution is 5.95. The largest absolute Gasteiger partial charge is 0.458 e. The fraction of sp³-hybridized carbons (Fsp3) is 0.800. The number of fused-ring (bicyclic) bond motifs is 6. The monoisotopic (exact) mass is 384 g/mol. The zero-order chi connectivity index (χ0) is 19.8. The molecule has 0 aromatic carbocycles. The van der Waals surface area contributed by atoms with Gasteiger partial charge in [-0.1, -0.05) is 27.7 Å². The quantitative estimate of drug-likeness (QED) is 0.691. The summed E-state index contributed by atoms with van der Waals surface area (Å²) in [6.07, 6.45) is 9.20. The first kappa shape index (κ1) is 18.9. The van der Waals surface area contributed by atoms with Crippen molar-refractivity contribution in [3.8, 4) is 0 Å². The summed E-state index contributed by atoms with van der Waals surface area (Å²) in [5, 5.41) is 10.7. The smallest absolute Gasteiger partial charge is 0.200 e. The average Bonchev–Trinajstić information content (AvgIpc) is 3.19. The van der Waals surface area contributed by atoms with Gasteiger partial charge in [0.1, 0.15) is 5.76 Å². The van der Waals surface area contributed by atoms with E-state index in [-0.39, 0.29) is 23.2 Å². The van der Waals surface area contributed by atoms with Crippen molar-refractivity contribution in [3.63, 3.8) is 0 Å². The van der Waals surface area contributed by atoms with Crippen LogP contribution in [0.2, 0.25) is 0 Å². The van der Waals surface area contributed by atoms with Gasteiger partial charge >= 0.3 is 0 Å². The molecule has 28 heavy (non-hydrogen) atoms. The molecular formula is C25H36O3. The predicted molar refractivity (Wildman–Crippen MR) is 109 cm³/mol. The van der Waals surface area contributed by atoms with Gasteiger partial charge in [-0.05, 0) is 91.1 Å². The van der Waals surface area contributed by atoms with Gasteiger partial charge in [-0.2, -0.15) is 0 Å². The van der Waals surface area contributed by atoms with E-state index in [1.807, 2.05) is 13.8 Å². The molecule has 3 heteroatoms. The van der Waals surface area contributed by atoms with Gasteiger partial charge in [-0.15, -0.1) is 0 Å². The zero-order valence-corrected chi connectivity index (χ0v) is 18.0. The second-order valence-corrected chi connectivity index (χ2v) is 11.3. The van der Waals surface area contributed by atoms with Gasteiger partial charge in [0.15, 0.2) is 5.76 Å². The maximum atomic E-state index is 12.5. The Morgan fingerprint density at radius 2 is 1.86 bits per heavy atom. The van der Waals surface area contributed by atoms with E-state index in [9.17, 15) is 9.90 Å². The normalized spacial score (nSPS) is 44.6. The molecule has 0 spiro atoms. The minimum atomic E-state index is -0.0968. The summed E-state index contributed by atoms with van der Waals surface area (Å²) in [5.74, 6) is 4.67. The van der Waals surface area contributed by atoms with Crippen molar-refractivity contribution in [1.82, 2.24) is 0 Å². The molecule has 0 saturated heterocycles. The standard InChI is InChI=1S/C25H36O3/c1-14(2)23(27)21-11-15-13-25(4)16(12-20(15)28-21)5-6-17-18-7-8-22(26)24(18,3)10-9-19(17)25/h11,14,16-19,22,26H,5-10,12-13H2,1-4H3/t16-,17-,18-,19-,22-,24-,25-/m0/s1. The number of hydrogen-bond acceptors (Lipinski definition) is 3. The topological polar surface area (TPSA) is 50.4 Å². The molecule has 154 valence electrons. The summed E-state index contributed by atoms with van der Waals surface area (Å²) >= 11 is 0. The summed E-state index contributed by atoms with van der Waals surface area (Å²) in [6, 6.07) is 2.06. The lowest BCUT2D eigenvalue weighted by molar-refractivity contribution is -0.112. The highest BCUT2D eigenvalue weighted by Gasteiger charge is 2.60. The third-order valence-corrected chi connectivity index (χ3v) is 9.68. The number of rotatable bonds is 2. The molecule has 0 aliphatic heterocycles. The van der Waals surface area contributed by atoms with Crippen LogP contribution in [0.3, 0.4) is 0 Å². The molecule has 0 unspecified atom stereocenters. The molecule has 3 saturated carbocycles. The zero-order valence-electron chi connectivity index (χ0n) is 18.0. The van der Waals surface area contributed by atoms with Crippen molar-refractivity contribution in [3.05, 3.63) is 23.2 Å². The van der Waals surface area contributed by atoms with E-state index in [4.69, 9.17) is 4.42 Å². The lowest BCUT2D eigenvalue weighted by atomic mass is 9.45. The maximum absolute atomic E-state index is 12.5. The van der Waals surface area contributed by atoms with Crippen LogP contribution in [-0.2, 0) is 12.8 Å². The molecule has 4 aliphatic carbocycles. The average molecular weight is 385 g/mol. The SMILES string of the molecule is CC(C)C(=O)c1cc2c(o1)C[C@@H]1CC[C@@H]3[C@H](CC[C@]4(C)[C@@H](O)CC[C@@H]34)[C@@]1(C)C2. The Balaban J connectivity index is 1.45. The number of furan rings is 1. The maximum Gasteiger partial charge on any atom is 0.200 e. The Kier molecular flexibility index (Phi) is 4.19. The van der Waals surface area contributed by atoms with E-state index in [1.54, 1.807) is 0 Å². The van der Waals surface area contributed by atoms with Crippen molar-refractivity contribution < 1.29 is 14.3 Å². The summed E-state index contributed by atoms with van der Waals surface area (Å²) < 4.78 is 6.08. The second-order valence-electron chi connectivity index (χ2n) is 11.3. The Hall–Kier alpha value is -1.09. The summed E-state index contributed by atoms with van der Waals surface area (Å²) in [7, 11) is 0.